The van der Waals surface area contributed by atoms with Crippen molar-refractivity contribution in [3.05, 3.63) is 51.9 Å². The number of nitrogens with zero attached hydrogens (tertiary/aromatic N) is 5. The van der Waals surface area contributed by atoms with Gasteiger partial charge in [0.15, 0.2) is 10.9 Å². The van der Waals surface area contributed by atoms with Crippen molar-refractivity contribution >= 4 is 40.3 Å². The van der Waals surface area contributed by atoms with Crippen molar-refractivity contribution in [3.63, 3.8) is 0 Å². The summed E-state index contributed by atoms with van der Waals surface area (Å²) in [5.41, 5.74) is 8.55. The molecule has 0 aliphatic carbocycles. The zero-order valence-corrected chi connectivity index (χ0v) is 18.5. The van der Waals surface area contributed by atoms with Crippen molar-refractivity contribution in [2.45, 2.75) is 32.6 Å². The molecule has 3 aromatic heterocycles. The van der Waals surface area contributed by atoms with Gasteiger partial charge in [0.25, 0.3) is 5.91 Å². The van der Waals surface area contributed by atoms with E-state index in [2.05, 4.69) is 20.4 Å². The number of piperidine rings is 1. The van der Waals surface area contributed by atoms with Crippen LogP contribution in [-0.2, 0) is 0 Å². The molecule has 0 atom stereocenters. The first-order valence-corrected chi connectivity index (χ1v) is 11.0. The van der Waals surface area contributed by atoms with Gasteiger partial charge in [-0.05, 0) is 57.1 Å². The first-order chi connectivity index (χ1) is 14.4. The Hall–Kier alpha value is -2.85. The van der Waals surface area contributed by atoms with Crippen molar-refractivity contribution in [1.29, 1.82) is 0 Å². The number of thiazole rings is 1. The Labute approximate surface area is 184 Å². The summed E-state index contributed by atoms with van der Waals surface area (Å²) < 4.78 is 1.73. The SMILES string of the molecule is Cc1cc(C)n(-c2ncccc2NC(=O)c2csc(C3CCN(C(N)=S)CC3)n2)n1. The highest BCUT2D eigenvalue weighted by Crippen LogP contribution is 2.30. The summed E-state index contributed by atoms with van der Waals surface area (Å²) in [5, 5.41) is 10.6. The summed E-state index contributed by atoms with van der Waals surface area (Å²) >= 11 is 6.58. The molecule has 3 N–H and O–H groups in total. The van der Waals surface area contributed by atoms with Crippen LogP contribution in [0.25, 0.3) is 5.82 Å². The summed E-state index contributed by atoms with van der Waals surface area (Å²) in [5.74, 6) is 0.650. The number of thiocarbonyl (C=S) groups is 1. The fourth-order valence-corrected chi connectivity index (χ4v) is 4.77. The molecule has 1 saturated heterocycles. The summed E-state index contributed by atoms with van der Waals surface area (Å²) in [4.78, 5) is 23.9. The zero-order valence-electron chi connectivity index (χ0n) is 16.8. The van der Waals surface area contributed by atoms with E-state index in [1.54, 1.807) is 16.9 Å². The number of carbonyl (C=O) groups is 1. The molecule has 1 fully saturated rings. The Kier molecular flexibility index (Phi) is 5.78. The molecule has 4 heterocycles. The Bertz CT molecular complexity index is 1080. The fourth-order valence-electron chi connectivity index (χ4n) is 3.62. The molecular weight excluding hydrogens is 418 g/mol. The van der Waals surface area contributed by atoms with Gasteiger partial charge in [0.05, 0.1) is 16.4 Å². The number of nitrogens with two attached hydrogens (primary N) is 1. The van der Waals surface area contributed by atoms with Gasteiger partial charge in [-0.15, -0.1) is 11.3 Å². The quantitative estimate of drug-likeness (QED) is 0.600. The molecule has 0 radical (unpaired) electrons. The summed E-state index contributed by atoms with van der Waals surface area (Å²) in [7, 11) is 0. The number of aromatic nitrogens is 4. The predicted molar refractivity (Wildman–Crippen MR) is 121 cm³/mol. The smallest absolute Gasteiger partial charge is 0.275 e. The molecule has 10 heteroatoms. The van der Waals surface area contributed by atoms with Gasteiger partial charge in [-0.25, -0.2) is 14.6 Å². The molecular formula is C20H23N7OS2. The maximum absolute atomic E-state index is 12.9. The Morgan fingerprint density at radius 2 is 2.10 bits per heavy atom. The molecule has 156 valence electrons. The van der Waals surface area contributed by atoms with E-state index in [-0.39, 0.29) is 5.91 Å². The Morgan fingerprint density at radius 1 is 1.33 bits per heavy atom. The van der Waals surface area contributed by atoms with Crippen LogP contribution < -0.4 is 11.1 Å². The number of hydrogen-bond acceptors (Lipinski definition) is 6. The predicted octanol–water partition coefficient (Wildman–Crippen LogP) is 3.02. The van der Waals surface area contributed by atoms with Gasteiger partial charge >= 0.3 is 0 Å². The second kappa shape index (κ2) is 8.49. The molecule has 0 unspecified atom stereocenters. The lowest BCUT2D eigenvalue weighted by atomic mass is 9.98. The maximum Gasteiger partial charge on any atom is 0.275 e. The molecule has 30 heavy (non-hydrogen) atoms. The van der Waals surface area contributed by atoms with Gasteiger partial charge in [0.1, 0.15) is 5.69 Å². The second-order valence-corrected chi connectivity index (χ2v) is 8.65. The van der Waals surface area contributed by atoms with Gasteiger partial charge in [-0.2, -0.15) is 5.10 Å². The van der Waals surface area contributed by atoms with Crippen molar-refractivity contribution in [3.8, 4) is 5.82 Å². The van der Waals surface area contributed by atoms with E-state index in [1.807, 2.05) is 36.3 Å². The van der Waals surface area contributed by atoms with E-state index in [0.717, 1.165) is 42.3 Å². The summed E-state index contributed by atoms with van der Waals surface area (Å²) in [6, 6.07) is 5.57. The van der Waals surface area contributed by atoms with Gasteiger partial charge < -0.3 is 16.0 Å². The third kappa shape index (κ3) is 4.19. The minimum atomic E-state index is -0.256. The number of rotatable bonds is 4. The molecule has 3 aromatic rings. The lowest BCUT2D eigenvalue weighted by Crippen LogP contribution is -2.40. The lowest BCUT2D eigenvalue weighted by molar-refractivity contribution is 0.102. The van der Waals surface area contributed by atoms with Gasteiger partial charge in [0.2, 0.25) is 0 Å². The van der Waals surface area contributed by atoms with Crippen LogP contribution in [0, 0.1) is 13.8 Å². The molecule has 0 saturated carbocycles. The van der Waals surface area contributed by atoms with Crippen LogP contribution in [0.2, 0.25) is 0 Å². The van der Waals surface area contributed by atoms with Crippen LogP contribution in [0.4, 0.5) is 5.69 Å². The van der Waals surface area contributed by atoms with E-state index in [9.17, 15) is 4.79 Å². The third-order valence-electron chi connectivity index (χ3n) is 5.16. The molecule has 0 bridgehead atoms. The monoisotopic (exact) mass is 441 g/mol. The van der Waals surface area contributed by atoms with Crippen LogP contribution in [0.3, 0.4) is 0 Å². The highest BCUT2D eigenvalue weighted by molar-refractivity contribution is 7.80. The van der Waals surface area contributed by atoms with E-state index in [0.29, 0.717) is 28.2 Å². The second-order valence-electron chi connectivity index (χ2n) is 7.34. The molecule has 8 nitrogen and oxygen atoms in total. The largest absolute Gasteiger partial charge is 0.376 e. The van der Waals surface area contributed by atoms with E-state index in [4.69, 9.17) is 18.0 Å². The number of aryl methyl sites for hydroxylation is 2. The minimum Gasteiger partial charge on any atom is -0.376 e. The standard InChI is InChI=1S/C20H23N7OS2/c1-12-10-13(2)27(25-12)17-15(4-3-7-22-17)23-18(28)16-11-30-19(24-16)14-5-8-26(9-6-14)20(21)29/h3-4,7,10-11,14H,5-6,8-9H2,1-2H3,(H2,21,29)(H,23,28). The summed E-state index contributed by atoms with van der Waals surface area (Å²) in [6.07, 6.45) is 3.54. The number of carbonyl (C=O) groups excluding carboxylic acids is 1. The number of pyridine rings is 1. The molecule has 0 spiro atoms. The molecule has 1 aliphatic rings. The molecule has 1 aliphatic heterocycles. The minimum absolute atomic E-state index is 0.256. The van der Waals surface area contributed by atoms with Crippen LogP contribution >= 0.6 is 23.6 Å². The van der Waals surface area contributed by atoms with Crippen LogP contribution in [0.1, 0.15) is 45.6 Å². The number of amides is 1. The number of anilines is 1. The van der Waals surface area contributed by atoms with Crippen LogP contribution in [-0.4, -0.2) is 48.8 Å². The maximum atomic E-state index is 12.9. The Morgan fingerprint density at radius 3 is 2.77 bits per heavy atom. The average Bonchev–Trinajstić information content (AvgIpc) is 3.35. The van der Waals surface area contributed by atoms with Crippen molar-refractivity contribution < 1.29 is 4.79 Å². The normalized spacial score (nSPS) is 14.7. The first kappa shape index (κ1) is 20.4. The van der Waals surface area contributed by atoms with Crippen LogP contribution in [0.5, 0.6) is 0 Å². The molecule has 0 aromatic carbocycles. The van der Waals surface area contributed by atoms with Crippen LogP contribution in [0.15, 0.2) is 29.8 Å². The number of likely N-dealkylation sites (tertiary alicyclic amines) is 1. The van der Waals surface area contributed by atoms with Crippen molar-refractivity contribution in [1.82, 2.24) is 24.6 Å². The first-order valence-electron chi connectivity index (χ1n) is 9.72. The average molecular weight is 442 g/mol. The highest BCUT2D eigenvalue weighted by Gasteiger charge is 2.24. The van der Waals surface area contributed by atoms with Crippen molar-refractivity contribution in [2.75, 3.05) is 18.4 Å². The van der Waals surface area contributed by atoms with Gasteiger partial charge in [-0.3, -0.25) is 4.79 Å². The number of nitrogens with one attached hydrogen (secondary N) is 1. The molecule has 1 amide bonds. The molecule has 4 rings (SSSR count). The Balaban J connectivity index is 1.49. The third-order valence-corrected chi connectivity index (χ3v) is 6.42. The van der Waals surface area contributed by atoms with E-state index < -0.39 is 0 Å². The summed E-state index contributed by atoms with van der Waals surface area (Å²) in [6.45, 7) is 5.52. The van der Waals surface area contributed by atoms with Gasteiger partial charge in [-0.1, -0.05) is 0 Å². The van der Waals surface area contributed by atoms with E-state index >= 15 is 0 Å². The lowest BCUT2D eigenvalue weighted by Gasteiger charge is -2.31. The zero-order chi connectivity index (χ0) is 21.3. The topological polar surface area (TPSA) is 102 Å². The van der Waals surface area contributed by atoms with Crippen molar-refractivity contribution in [2.24, 2.45) is 5.73 Å². The fraction of sp³-hybridized carbons (Fsp3) is 0.350. The number of hydrogen-bond donors (Lipinski definition) is 2. The van der Waals surface area contributed by atoms with Gasteiger partial charge in [0, 0.05) is 36.3 Å². The van der Waals surface area contributed by atoms with E-state index in [1.165, 1.54) is 11.3 Å². The highest BCUT2D eigenvalue weighted by atomic mass is 32.1.